The molecule has 2 aromatic carbocycles. The van der Waals surface area contributed by atoms with Crippen LogP contribution in [0.25, 0.3) is 20.2 Å². The van der Waals surface area contributed by atoms with Gasteiger partial charge in [0.1, 0.15) is 5.84 Å². The van der Waals surface area contributed by atoms with Crippen molar-refractivity contribution in [2.24, 2.45) is 4.99 Å². The number of hydrogen-bond acceptors (Lipinski definition) is 5. The number of benzene rings is 2. The summed E-state index contributed by atoms with van der Waals surface area (Å²) >= 11 is 1.67. The molecule has 1 aromatic heterocycles. The maximum absolute atomic E-state index is 12.9. The van der Waals surface area contributed by atoms with Gasteiger partial charge in [0.15, 0.2) is 5.43 Å². The molecule has 0 bridgehead atoms. The van der Waals surface area contributed by atoms with Crippen LogP contribution in [0.5, 0.6) is 0 Å². The molecule has 4 nitrogen and oxygen atoms in total. The van der Waals surface area contributed by atoms with Gasteiger partial charge >= 0.3 is 0 Å². The zero-order valence-corrected chi connectivity index (χ0v) is 14.6. The van der Waals surface area contributed by atoms with Crippen molar-refractivity contribution in [1.82, 2.24) is 5.32 Å². The first-order valence-corrected chi connectivity index (χ1v) is 8.99. The molecule has 0 unspecified atom stereocenters. The lowest BCUT2D eigenvalue weighted by atomic mass is 10.1. The van der Waals surface area contributed by atoms with Crippen molar-refractivity contribution >= 4 is 43.0 Å². The molecule has 0 spiro atoms. The number of amidine groups is 1. The number of anilines is 1. The number of aliphatic imine (C=N–C) groups is 1. The van der Waals surface area contributed by atoms with Crippen molar-refractivity contribution < 1.29 is 0 Å². The van der Waals surface area contributed by atoms with Crippen molar-refractivity contribution in [3.8, 4) is 0 Å². The van der Waals surface area contributed by atoms with Gasteiger partial charge in [-0.15, -0.1) is 11.3 Å². The van der Waals surface area contributed by atoms with E-state index in [-0.39, 0.29) is 5.43 Å². The van der Waals surface area contributed by atoms with Crippen LogP contribution in [0.4, 0.5) is 5.69 Å². The van der Waals surface area contributed by atoms with Gasteiger partial charge in [0.05, 0.1) is 6.54 Å². The number of hydrogen-bond donors (Lipinski definition) is 1. The summed E-state index contributed by atoms with van der Waals surface area (Å²) in [4.78, 5) is 19.5. The van der Waals surface area contributed by atoms with Gasteiger partial charge in [-0.05, 0) is 37.3 Å². The van der Waals surface area contributed by atoms with Gasteiger partial charge in [-0.1, -0.05) is 6.07 Å². The van der Waals surface area contributed by atoms with Crippen LogP contribution in [0.2, 0.25) is 0 Å². The molecule has 122 valence electrons. The summed E-state index contributed by atoms with van der Waals surface area (Å²) in [6.07, 6.45) is 0. The minimum absolute atomic E-state index is 0.109. The van der Waals surface area contributed by atoms with Gasteiger partial charge < -0.3 is 10.2 Å². The van der Waals surface area contributed by atoms with Crippen LogP contribution in [-0.2, 0) is 0 Å². The number of nitrogens with zero attached hydrogens (tertiary/aromatic N) is 2. The van der Waals surface area contributed by atoms with Crippen molar-refractivity contribution in [3.63, 3.8) is 0 Å². The Bertz CT molecular complexity index is 1020. The Hall–Kier alpha value is -2.40. The van der Waals surface area contributed by atoms with Crippen LogP contribution in [-0.4, -0.2) is 32.5 Å². The van der Waals surface area contributed by atoms with Crippen LogP contribution in [0.15, 0.2) is 46.2 Å². The molecule has 3 aromatic rings. The van der Waals surface area contributed by atoms with Gasteiger partial charge in [-0.2, -0.15) is 0 Å². The second-order valence-corrected chi connectivity index (χ2v) is 7.08. The molecule has 0 radical (unpaired) electrons. The fraction of sp³-hybridized carbons (Fsp3) is 0.263. The third-order valence-corrected chi connectivity index (χ3v) is 5.65. The molecular formula is C19H19N3OS. The smallest absolute Gasteiger partial charge is 0.195 e. The Labute approximate surface area is 144 Å². The van der Waals surface area contributed by atoms with E-state index in [9.17, 15) is 4.79 Å². The van der Waals surface area contributed by atoms with Crippen LogP contribution in [0.1, 0.15) is 12.5 Å². The standard InChI is InChI=1S/C19H19N3OS/c1-3-22(2)13-5-7-16-15(11-13)18(23)14-6-4-12(10-17(14)24-16)19-20-8-9-21-19/h4-7,10-11H,3,8-9H2,1-2H3,(H,20,21). The third-order valence-electron chi connectivity index (χ3n) is 4.52. The molecule has 24 heavy (non-hydrogen) atoms. The fourth-order valence-electron chi connectivity index (χ4n) is 3.00. The van der Waals surface area contributed by atoms with Crippen molar-refractivity contribution in [3.05, 3.63) is 52.2 Å². The molecular weight excluding hydrogens is 318 g/mol. The zero-order valence-electron chi connectivity index (χ0n) is 13.8. The topological polar surface area (TPSA) is 44.7 Å². The lowest BCUT2D eigenvalue weighted by Crippen LogP contribution is -2.19. The molecule has 2 heterocycles. The van der Waals surface area contributed by atoms with E-state index >= 15 is 0 Å². The molecule has 0 amide bonds. The highest BCUT2D eigenvalue weighted by Gasteiger charge is 2.12. The predicted molar refractivity (Wildman–Crippen MR) is 104 cm³/mol. The number of fused-ring (bicyclic) bond motifs is 2. The van der Waals surface area contributed by atoms with Crippen LogP contribution >= 0.6 is 11.3 Å². The normalized spacial score (nSPS) is 14.0. The first-order chi connectivity index (χ1) is 11.7. The average molecular weight is 337 g/mol. The van der Waals surface area contributed by atoms with E-state index in [1.54, 1.807) is 11.3 Å². The van der Waals surface area contributed by atoms with Gasteiger partial charge in [0, 0.05) is 51.6 Å². The fourth-order valence-corrected chi connectivity index (χ4v) is 4.09. The maximum Gasteiger partial charge on any atom is 0.195 e. The summed E-state index contributed by atoms with van der Waals surface area (Å²) in [7, 11) is 2.04. The molecule has 0 saturated heterocycles. The van der Waals surface area contributed by atoms with Crippen molar-refractivity contribution in [1.29, 1.82) is 0 Å². The molecule has 0 aliphatic carbocycles. The average Bonchev–Trinajstić information content (AvgIpc) is 3.15. The van der Waals surface area contributed by atoms with E-state index in [4.69, 9.17) is 0 Å². The number of nitrogens with one attached hydrogen (secondary N) is 1. The molecule has 0 fully saturated rings. The predicted octanol–water partition coefficient (Wildman–Crippen LogP) is 3.22. The largest absolute Gasteiger partial charge is 0.375 e. The third kappa shape index (κ3) is 2.45. The van der Waals surface area contributed by atoms with Gasteiger partial charge in [-0.3, -0.25) is 9.79 Å². The Balaban J connectivity index is 1.92. The van der Waals surface area contributed by atoms with E-state index in [0.29, 0.717) is 0 Å². The number of rotatable bonds is 3. The Kier molecular flexibility index (Phi) is 3.73. The summed E-state index contributed by atoms with van der Waals surface area (Å²) in [5.74, 6) is 0.927. The quantitative estimate of drug-likeness (QED) is 0.747. The van der Waals surface area contributed by atoms with E-state index in [2.05, 4.69) is 40.3 Å². The molecule has 1 aliphatic rings. The Morgan fingerprint density at radius 3 is 2.79 bits per heavy atom. The lowest BCUT2D eigenvalue weighted by molar-refractivity contribution is 0.960. The molecule has 1 aliphatic heterocycles. The minimum atomic E-state index is 0.109. The van der Waals surface area contributed by atoms with E-state index in [1.807, 2.05) is 25.2 Å². The van der Waals surface area contributed by atoms with Crippen LogP contribution < -0.4 is 15.6 Å². The Morgan fingerprint density at radius 1 is 1.17 bits per heavy atom. The highest BCUT2D eigenvalue weighted by Crippen LogP contribution is 2.28. The van der Waals surface area contributed by atoms with Gasteiger partial charge in [0.25, 0.3) is 0 Å². The second kappa shape index (κ2) is 5.91. The summed E-state index contributed by atoms with van der Waals surface area (Å²) < 4.78 is 2.04. The molecule has 5 heteroatoms. The summed E-state index contributed by atoms with van der Waals surface area (Å²) in [6, 6.07) is 12.1. The summed E-state index contributed by atoms with van der Waals surface area (Å²) in [6.45, 7) is 4.71. The Morgan fingerprint density at radius 2 is 2.04 bits per heavy atom. The van der Waals surface area contributed by atoms with Gasteiger partial charge in [0.2, 0.25) is 0 Å². The second-order valence-electron chi connectivity index (χ2n) is 5.99. The molecule has 1 N–H and O–H groups in total. The monoisotopic (exact) mass is 337 g/mol. The summed E-state index contributed by atoms with van der Waals surface area (Å²) in [5.41, 5.74) is 2.24. The van der Waals surface area contributed by atoms with Crippen LogP contribution in [0.3, 0.4) is 0 Å². The van der Waals surface area contributed by atoms with Gasteiger partial charge in [-0.25, -0.2) is 0 Å². The molecule has 0 saturated carbocycles. The first-order valence-electron chi connectivity index (χ1n) is 8.18. The zero-order chi connectivity index (χ0) is 16.7. The summed E-state index contributed by atoms with van der Waals surface area (Å²) in [5, 5.41) is 4.87. The van der Waals surface area contributed by atoms with E-state index in [0.717, 1.165) is 56.9 Å². The highest BCUT2D eigenvalue weighted by molar-refractivity contribution is 7.24. The SMILES string of the molecule is CCN(C)c1ccc2sc3cc(C4=NCCN4)ccc3c(=O)c2c1. The van der Waals surface area contributed by atoms with Crippen LogP contribution in [0, 0.1) is 0 Å². The highest BCUT2D eigenvalue weighted by atomic mass is 32.1. The minimum Gasteiger partial charge on any atom is -0.375 e. The maximum atomic E-state index is 12.9. The van der Waals surface area contributed by atoms with Crippen molar-refractivity contribution in [2.45, 2.75) is 6.92 Å². The molecule has 4 rings (SSSR count). The molecule has 0 atom stereocenters. The van der Waals surface area contributed by atoms with Crippen molar-refractivity contribution in [2.75, 3.05) is 31.6 Å². The first kappa shape index (κ1) is 15.1. The van der Waals surface area contributed by atoms with E-state index < -0.39 is 0 Å². The lowest BCUT2D eigenvalue weighted by Gasteiger charge is -2.17. The van der Waals surface area contributed by atoms with E-state index in [1.165, 1.54) is 0 Å².